The smallest absolute Gasteiger partial charge is 0.333 e. The molecule has 0 aromatic heterocycles. The lowest BCUT2D eigenvalue weighted by Crippen LogP contribution is -2.07. The van der Waals surface area contributed by atoms with E-state index in [1.54, 1.807) is 25.2 Å². The Morgan fingerprint density at radius 3 is 2.43 bits per heavy atom. The van der Waals surface area contributed by atoms with Crippen molar-refractivity contribution in [3.05, 3.63) is 23.8 Å². The van der Waals surface area contributed by atoms with E-state index in [-0.39, 0.29) is 0 Å². The van der Waals surface area contributed by atoms with Crippen molar-refractivity contribution >= 4 is 12.3 Å². The third kappa shape index (κ3) is 4.57. The van der Waals surface area contributed by atoms with Crippen LogP contribution in [0.5, 0.6) is 0 Å². The Morgan fingerprint density at radius 2 is 2.00 bits per heavy atom. The molecule has 0 aliphatic heterocycles. The lowest BCUT2D eigenvalue weighted by atomic mass is 10.2. The Hall–Kier alpha value is -1.42. The highest BCUT2D eigenvalue weighted by Gasteiger charge is 2.01. The van der Waals surface area contributed by atoms with Gasteiger partial charge >= 0.3 is 5.97 Å². The first-order valence-electron chi connectivity index (χ1n) is 4.07. The van der Waals surface area contributed by atoms with Crippen LogP contribution in [0, 0.1) is 0 Å². The Bertz CT molecular complexity index is 253. The van der Waals surface area contributed by atoms with E-state index < -0.39 is 12.1 Å². The molecule has 0 aliphatic rings. The van der Waals surface area contributed by atoms with E-state index in [2.05, 4.69) is 4.74 Å². The Balaban J connectivity index is 4.25. The van der Waals surface area contributed by atoms with E-state index in [4.69, 9.17) is 4.74 Å². The molecule has 0 aromatic rings. The zero-order valence-electron chi connectivity index (χ0n) is 8.52. The number of carbonyl (C=O) groups is 2. The van der Waals surface area contributed by atoms with Gasteiger partial charge in [-0.3, -0.25) is 0 Å². The molecule has 0 aliphatic carbocycles. The van der Waals surface area contributed by atoms with Crippen LogP contribution in [0.4, 0.5) is 0 Å². The fraction of sp³-hybridized carbons (Fsp3) is 0.400. The number of esters is 1. The largest absolute Gasteiger partial charge is 0.466 e. The monoisotopic (exact) mass is 198 g/mol. The Labute approximate surface area is 83.2 Å². The van der Waals surface area contributed by atoms with E-state index in [1.165, 1.54) is 14.2 Å². The molecule has 0 saturated heterocycles. The summed E-state index contributed by atoms with van der Waals surface area (Å²) < 4.78 is 9.25. The lowest BCUT2D eigenvalue weighted by Gasteiger charge is -1.99. The second-order valence-corrected chi connectivity index (χ2v) is 2.56. The number of carbonyl (C=O) groups excluding carboxylic acids is 2. The van der Waals surface area contributed by atoms with E-state index in [1.807, 2.05) is 0 Å². The van der Waals surface area contributed by atoms with Gasteiger partial charge in [-0.1, -0.05) is 12.2 Å². The molecule has 0 fully saturated rings. The fourth-order valence-electron chi connectivity index (χ4n) is 0.718. The molecule has 4 nitrogen and oxygen atoms in total. The standard InChI is InChI=1S/C10H14O4/c1-8(10(12)14-3)5-4-6-9(7-11)13-2/h4-7,9H,1-3H3/b6-4-,8-5+/t9-/m0/s1. The Kier molecular flexibility index (Phi) is 6.32. The highest BCUT2D eigenvalue weighted by molar-refractivity contribution is 5.87. The summed E-state index contributed by atoms with van der Waals surface area (Å²) in [6.07, 6.45) is 4.77. The van der Waals surface area contributed by atoms with Crippen LogP contribution in [0.15, 0.2) is 23.8 Å². The van der Waals surface area contributed by atoms with Crippen LogP contribution in [0.25, 0.3) is 0 Å². The number of allylic oxidation sites excluding steroid dienone is 2. The molecule has 1 atom stereocenters. The number of hydrogen-bond acceptors (Lipinski definition) is 4. The van der Waals surface area contributed by atoms with Crippen molar-refractivity contribution in [3.8, 4) is 0 Å². The molecule has 4 heteroatoms. The normalized spacial score (nSPS) is 14.1. The summed E-state index contributed by atoms with van der Waals surface area (Å²) in [6, 6.07) is 0. The maximum absolute atomic E-state index is 10.9. The summed E-state index contributed by atoms with van der Waals surface area (Å²) in [5.41, 5.74) is 0.463. The van der Waals surface area contributed by atoms with Crippen molar-refractivity contribution in [2.75, 3.05) is 14.2 Å². The van der Waals surface area contributed by atoms with Crippen molar-refractivity contribution in [3.63, 3.8) is 0 Å². The van der Waals surface area contributed by atoms with Gasteiger partial charge in [0.05, 0.1) is 7.11 Å². The minimum absolute atomic E-state index is 0.394. The maximum Gasteiger partial charge on any atom is 0.333 e. The molecule has 0 heterocycles. The van der Waals surface area contributed by atoms with E-state index in [0.717, 1.165) is 0 Å². The molecule has 0 spiro atoms. The molecule has 78 valence electrons. The van der Waals surface area contributed by atoms with Crippen LogP contribution >= 0.6 is 0 Å². The maximum atomic E-state index is 10.9. The summed E-state index contributed by atoms with van der Waals surface area (Å²) in [7, 11) is 2.74. The second-order valence-electron chi connectivity index (χ2n) is 2.56. The minimum atomic E-state index is -0.573. The third-order valence-electron chi connectivity index (χ3n) is 1.56. The summed E-state index contributed by atoms with van der Waals surface area (Å²) in [5, 5.41) is 0. The van der Waals surface area contributed by atoms with Crippen LogP contribution in [0.2, 0.25) is 0 Å². The van der Waals surface area contributed by atoms with Gasteiger partial charge in [0.2, 0.25) is 0 Å². The predicted octanol–water partition coefficient (Wildman–Crippen LogP) is 0.876. The van der Waals surface area contributed by atoms with Gasteiger partial charge in [-0.15, -0.1) is 0 Å². The predicted molar refractivity (Wildman–Crippen MR) is 51.8 cm³/mol. The van der Waals surface area contributed by atoms with Gasteiger partial charge in [0.15, 0.2) is 6.29 Å². The highest BCUT2D eigenvalue weighted by atomic mass is 16.5. The zero-order valence-corrected chi connectivity index (χ0v) is 8.52. The fourth-order valence-corrected chi connectivity index (χ4v) is 0.718. The number of hydrogen-bond donors (Lipinski definition) is 0. The van der Waals surface area contributed by atoms with E-state index >= 15 is 0 Å². The topological polar surface area (TPSA) is 52.6 Å². The van der Waals surface area contributed by atoms with Gasteiger partial charge in [0.1, 0.15) is 6.10 Å². The van der Waals surface area contributed by atoms with Crippen molar-refractivity contribution in [1.82, 2.24) is 0 Å². The van der Waals surface area contributed by atoms with Crippen LogP contribution in [0.1, 0.15) is 6.92 Å². The van der Waals surface area contributed by atoms with Crippen molar-refractivity contribution < 1.29 is 19.1 Å². The van der Waals surface area contributed by atoms with E-state index in [0.29, 0.717) is 11.9 Å². The molecule has 0 radical (unpaired) electrons. The van der Waals surface area contributed by atoms with Crippen molar-refractivity contribution in [1.29, 1.82) is 0 Å². The number of aldehydes is 1. The van der Waals surface area contributed by atoms with Crippen molar-refractivity contribution in [2.24, 2.45) is 0 Å². The number of ether oxygens (including phenoxy) is 2. The van der Waals surface area contributed by atoms with Gasteiger partial charge in [-0.25, -0.2) is 4.79 Å². The first kappa shape index (κ1) is 12.6. The van der Waals surface area contributed by atoms with Crippen LogP contribution in [0.3, 0.4) is 0 Å². The van der Waals surface area contributed by atoms with Crippen LogP contribution in [-0.2, 0) is 19.1 Å². The highest BCUT2D eigenvalue weighted by Crippen LogP contribution is 1.97. The molecule has 0 amide bonds. The minimum Gasteiger partial charge on any atom is -0.466 e. The summed E-state index contributed by atoms with van der Waals surface area (Å²) in [5.74, 6) is -0.394. The van der Waals surface area contributed by atoms with Gasteiger partial charge in [-0.2, -0.15) is 0 Å². The third-order valence-corrected chi connectivity index (χ3v) is 1.56. The molecule has 14 heavy (non-hydrogen) atoms. The summed E-state index contributed by atoms with van der Waals surface area (Å²) in [6.45, 7) is 1.62. The molecule has 0 rings (SSSR count). The summed E-state index contributed by atoms with van der Waals surface area (Å²) >= 11 is 0. The first-order valence-corrected chi connectivity index (χ1v) is 4.07. The van der Waals surface area contributed by atoms with Crippen LogP contribution in [-0.4, -0.2) is 32.6 Å². The molecule has 0 aromatic carbocycles. The van der Waals surface area contributed by atoms with Crippen LogP contribution < -0.4 is 0 Å². The van der Waals surface area contributed by atoms with Gasteiger partial charge in [0.25, 0.3) is 0 Å². The summed E-state index contributed by atoms with van der Waals surface area (Å²) in [4.78, 5) is 21.2. The molecular formula is C10H14O4. The average molecular weight is 198 g/mol. The van der Waals surface area contributed by atoms with Gasteiger partial charge in [-0.05, 0) is 13.0 Å². The lowest BCUT2D eigenvalue weighted by molar-refractivity contribution is -0.136. The number of methoxy groups -OCH3 is 2. The molecule has 0 saturated carbocycles. The van der Waals surface area contributed by atoms with Gasteiger partial charge in [0, 0.05) is 12.7 Å². The van der Waals surface area contributed by atoms with Crippen molar-refractivity contribution in [2.45, 2.75) is 13.0 Å². The quantitative estimate of drug-likeness (QED) is 0.285. The van der Waals surface area contributed by atoms with Gasteiger partial charge < -0.3 is 14.3 Å². The second kappa shape index (κ2) is 7.03. The number of rotatable bonds is 5. The molecule has 0 bridgehead atoms. The zero-order chi connectivity index (χ0) is 11.0. The SMILES string of the molecule is COC(=O)/C(C)=C/C=C\[C@@H](C=O)OC. The van der Waals surface area contributed by atoms with E-state index in [9.17, 15) is 9.59 Å². The molecular weight excluding hydrogens is 184 g/mol. The molecule has 0 N–H and O–H groups in total. The average Bonchev–Trinajstić information content (AvgIpc) is 2.22. The Morgan fingerprint density at radius 1 is 1.36 bits per heavy atom. The first-order chi connectivity index (χ1) is 6.65. The molecule has 0 unspecified atom stereocenters.